The molecule has 4 rings (SSSR count). The number of nitrogens with one attached hydrogen (secondary N) is 1. The van der Waals surface area contributed by atoms with Gasteiger partial charge < -0.3 is 19.5 Å². The molecule has 2 aromatic rings. The molecule has 1 fully saturated rings. The van der Waals surface area contributed by atoms with Gasteiger partial charge in [-0.25, -0.2) is 0 Å². The van der Waals surface area contributed by atoms with Crippen LogP contribution < -0.4 is 0 Å². The number of aryl methyl sites for hydroxylation is 2. The fourth-order valence-electron chi connectivity index (χ4n) is 4.76. The Labute approximate surface area is 182 Å². The Balaban J connectivity index is 1.37. The Bertz CT molecular complexity index is 988. The van der Waals surface area contributed by atoms with E-state index < -0.39 is 0 Å². The van der Waals surface area contributed by atoms with Crippen LogP contribution in [0.4, 0.5) is 0 Å². The number of rotatable bonds is 5. The van der Waals surface area contributed by atoms with Crippen LogP contribution in [0.5, 0.6) is 0 Å². The lowest BCUT2D eigenvalue weighted by atomic mass is 9.95. The summed E-state index contributed by atoms with van der Waals surface area (Å²) in [5, 5.41) is 1.13. The third kappa shape index (κ3) is 4.45. The number of likely N-dealkylation sites (N-methyl/N-ethyl adjacent to an activating group) is 1. The molecule has 31 heavy (non-hydrogen) atoms. The van der Waals surface area contributed by atoms with Crippen molar-refractivity contribution in [1.82, 2.24) is 14.8 Å². The number of aromatic nitrogens is 1. The van der Waals surface area contributed by atoms with E-state index in [1.165, 1.54) is 29.0 Å². The molecule has 0 unspecified atom stereocenters. The second kappa shape index (κ2) is 9.12. The Morgan fingerprint density at radius 2 is 1.90 bits per heavy atom. The van der Waals surface area contributed by atoms with Crippen molar-refractivity contribution in [3.8, 4) is 0 Å². The molecular formula is C24H31N3O4. The van der Waals surface area contributed by atoms with Gasteiger partial charge in [-0.1, -0.05) is 0 Å². The molecule has 1 saturated heterocycles. The van der Waals surface area contributed by atoms with E-state index in [4.69, 9.17) is 4.74 Å². The lowest BCUT2D eigenvalue weighted by Crippen LogP contribution is -2.45. The Morgan fingerprint density at radius 1 is 1.16 bits per heavy atom. The fourth-order valence-corrected chi connectivity index (χ4v) is 4.76. The number of ether oxygens (including phenoxy) is 1. The van der Waals surface area contributed by atoms with Crippen LogP contribution in [0.15, 0.2) is 18.2 Å². The molecule has 0 radical (unpaired) electrons. The molecule has 7 heteroatoms. The third-order valence-corrected chi connectivity index (χ3v) is 6.53. The number of benzene rings is 1. The van der Waals surface area contributed by atoms with Gasteiger partial charge in [0.15, 0.2) is 0 Å². The maximum absolute atomic E-state index is 13.0. The van der Waals surface area contributed by atoms with Gasteiger partial charge in [0.2, 0.25) is 5.91 Å². The van der Waals surface area contributed by atoms with Crippen LogP contribution in [0.25, 0.3) is 10.9 Å². The van der Waals surface area contributed by atoms with Gasteiger partial charge in [-0.3, -0.25) is 14.4 Å². The summed E-state index contributed by atoms with van der Waals surface area (Å²) < 4.78 is 5.08. The maximum atomic E-state index is 13.0. The number of nitrogens with zero attached hydrogens (tertiary/aromatic N) is 2. The summed E-state index contributed by atoms with van der Waals surface area (Å²) in [6, 6.07) is 5.76. The van der Waals surface area contributed by atoms with Gasteiger partial charge in [0.25, 0.3) is 5.91 Å². The number of esters is 1. The van der Waals surface area contributed by atoms with Crippen molar-refractivity contribution in [3.63, 3.8) is 0 Å². The van der Waals surface area contributed by atoms with Crippen LogP contribution in [0.3, 0.4) is 0 Å². The van der Waals surface area contributed by atoms with Crippen LogP contribution in [-0.2, 0) is 27.2 Å². The van der Waals surface area contributed by atoms with Gasteiger partial charge in [0.05, 0.1) is 19.1 Å². The number of aromatic amines is 1. The molecule has 1 aromatic heterocycles. The van der Waals surface area contributed by atoms with Crippen LogP contribution in [0, 0.1) is 5.92 Å². The Morgan fingerprint density at radius 3 is 2.65 bits per heavy atom. The van der Waals surface area contributed by atoms with Gasteiger partial charge in [-0.15, -0.1) is 0 Å². The second-order valence-electron chi connectivity index (χ2n) is 8.62. The van der Waals surface area contributed by atoms with E-state index in [0.29, 0.717) is 38.1 Å². The van der Waals surface area contributed by atoms with Crippen molar-refractivity contribution < 1.29 is 19.1 Å². The summed E-state index contributed by atoms with van der Waals surface area (Å²) in [7, 11) is 1.67. The Hall–Kier alpha value is -2.83. The van der Waals surface area contributed by atoms with E-state index in [-0.39, 0.29) is 30.2 Å². The number of likely N-dealkylation sites (tertiary alicyclic amines) is 1. The summed E-state index contributed by atoms with van der Waals surface area (Å²) in [4.78, 5) is 44.3. The molecule has 0 spiro atoms. The van der Waals surface area contributed by atoms with E-state index in [0.717, 1.165) is 23.7 Å². The molecule has 2 heterocycles. The van der Waals surface area contributed by atoms with Crippen molar-refractivity contribution >= 4 is 28.7 Å². The largest absolute Gasteiger partial charge is 0.466 e. The number of hydrogen-bond donors (Lipinski definition) is 1. The number of carbonyl (C=O) groups excluding carboxylic acids is 3. The second-order valence-corrected chi connectivity index (χ2v) is 8.62. The lowest BCUT2D eigenvalue weighted by molar-refractivity contribution is -0.151. The summed E-state index contributed by atoms with van der Waals surface area (Å²) in [6.07, 6.45) is 5.71. The van der Waals surface area contributed by atoms with Gasteiger partial charge in [0.1, 0.15) is 0 Å². The van der Waals surface area contributed by atoms with Gasteiger partial charge in [0, 0.05) is 42.3 Å². The molecule has 7 nitrogen and oxygen atoms in total. The quantitative estimate of drug-likeness (QED) is 0.747. The van der Waals surface area contributed by atoms with E-state index in [2.05, 4.69) is 4.98 Å². The molecule has 1 aliphatic heterocycles. The average Bonchev–Trinajstić information content (AvgIpc) is 3.16. The first-order valence-corrected chi connectivity index (χ1v) is 11.3. The first-order chi connectivity index (χ1) is 15.0. The molecule has 2 aliphatic rings. The number of hydrogen-bond acceptors (Lipinski definition) is 4. The molecule has 166 valence electrons. The van der Waals surface area contributed by atoms with Crippen LogP contribution in [0.1, 0.15) is 54.2 Å². The number of carbonyl (C=O) groups is 3. The highest BCUT2D eigenvalue weighted by molar-refractivity contribution is 6.00. The first kappa shape index (κ1) is 21.4. The minimum atomic E-state index is -0.177. The number of H-pyrrole nitrogens is 1. The Kier molecular flexibility index (Phi) is 6.30. The van der Waals surface area contributed by atoms with Crippen molar-refractivity contribution in [3.05, 3.63) is 35.0 Å². The topological polar surface area (TPSA) is 82.7 Å². The zero-order valence-electron chi connectivity index (χ0n) is 18.4. The highest BCUT2D eigenvalue weighted by Crippen LogP contribution is 2.30. The predicted octanol–water partition coefficient (Wildman–Crippen LogP) is 2.92. The summed E-state index contributed by atoms with van der Waals surface area (Å²) in [5.74, 6) is -0.549. The SMILES string of the molecule is CCOC(=O)C1CCN(C(=O)CN(C)C(=O)c2ccc3[nH]c4c(c3c2)CCCC4)CC1. The van der Waals surface area contributed by atoms with Crippen molar-refractivity contribution in [2.45, 2.75) is 45.4 Å². The van der Waals surface area contributed by atoms with Crippen molar-refractivity contribution in [2.24, 2.45) is 5.92 Å². The van der Waals surface area contributed by atoms with E-state index in [9.17, 15) is 14.4 Å². The van der Waals surface area contributed by atoms with Gasteiger partial charge in [-0.05, 0) is 69.2 Å². The van der Waals surface area contributed by atoms with Crippen LogP contribution in [-0.4, -0.2) is 65.9 Å². The highest BCUT2D eigenvalue weighted by atomic mass is 16.5. The third-order valence-electron chi connectivity index (χ3n) is 6.53. The predicted molar refractivity (Wildman–Crippen MR) is 118 cm³/mol. The minimum Gasteiger partial charge on any atom is -0.466 e. The molecular weight excluding hydrogens is 394 g/mol. The zero-order valence-corrected chi connectivity index (χ0v) is 18.4. The summed E-state index contributed by atoms with van der Waals surface area (Å²) in [5.41, 5.74) is 4.31. The van der Waals surface area contributed by atoms with E-state index >= 15 is 0 Å². The van der Waals surface area contributed by atoms with Crippen molar-refractivity contribution in [1.29, 1.82) is 0 Å². The molecule has 0 bridgehead atoms. The average molecular weight is 426 g/mol. The standard InChI is InChI=1S/C24H31N3O4/c1-3-31-24(30)16-10-12-27(13-11-16)22(28)15-26(2)23(29)17-8-9-21-19(14-17)18-6-4-5-7-20(18)25-21/h8-9,14,16,25H,3-7,10-13,15H2,1-2H3. The molecule has 2 amide bonds. The lowest BCUT2D eigenvalue weighted by Gasteiger charge is -2.32. The molecule has 0 atom stereocenters. The summed E-state index contributed by atoms with van der Waals surface area (Å²) in [6.45, 7) is 3.25. The normalized spacial score (nSPS) is 16.8. The number of fused-ring (bicyclic) bond motifs is 3. The zero-order chi connectivity index (χ0) is 22.0. The number of piperidine rings is 1. The van der Waals surface area contributed by atoms with E-state index in [1.54, 1.807) is 18.9 Å². The van der Waals surface area contributed by atoms with Gasteiger partial charge in [-0.2, -0.15) is 0 Å². The minimum absolute atomic E-state index is 0.0339. The summed E-state index contributed by atoms with van der Waals surface area (Å²) >= 11 is 0. The smallest absolute Gasteiger partial charge is 0.309 e. The van der Waals surface area contributed by atoms with Crippen molar-refractivity contribution in [2.75, 3.05) is 33.3 Å². The van der Waals surface area contributed by atoms with Crippen LogP contribution >= 0.6 is 0 Å². The molecule has 1 aromatic carbocycles. The molecule has 1 aliphatic carbocycles. The monoisotopic (exact) mass is 425 g/mol. The maximum Gasteiger partial charge on any atom is 0.309 e. The fraction of sp³-hybridized carbons (Fsp3) is 0.542. The van der Waals surface area contributed by atoms with Gasteiger partial charge >= 0.3 is 5.97 Å². The first-order valence-electron chi connectivity index (χ1n) is 11.3. The van der Waals surface area contributed by atoms with Crippen LogP contribution in [0.2, 0.25) is 0 Å². The molecule has 0 saturated carbocycles. The highest BCUT2D eigenvalue weighted by Gasteiger charge is 2.29. The number of amides is 2. The van der Waals surface area contributed by atoms with E-state index in [1.807, 2.05) is 18.2 Å². The molecule has 1 N–H and O–H groups in total.